The third-order valence-corrected chi connectivity index (χ3v) is 4.78. The van der Waals surface area contributed by atoms with Crippen molar-refractivity contribution in [3.63, 3.8) is 0 Å². The van der Waals surface area contributed by atoms with Gasteiger partial charge in [0.2, 0.25) is 0 Å². The van der Waals surface area contributed by atoms with Gasteiger partial charge in [0.15, 0.2) is 0 Å². The molecule has 6 nitrogen and oxygen atoms in total. The molecule has 0 N–H and O–H groups in total. The van der Waals surface area contributed by atoms with E-state index in [1.54, 1.807) is 0 Å². The molecule has 2 heterocycles. The molecule has 0 aliphatic carbocycles. The van der Waals surface area contributed by atoms with E-state index >= 15 is 0 Å². The Bertz CT molecular complexity index is 1470. The summed E-state index contributed by atoms with van der Waals surface area (Å²) in [4.78, 5) is 22.4. The number of hydrogen-bond acceptors (Lipinski definition) is 6. The summed E-state index contributed by atoms with van der Waals surface area (Å²) in [6.07, 6.45) is 5.57. The molecule has 10 heteroatoms. The zero-order valence-corrected chi connectivity index (χ0v) is 20.0. The number of rotatable bonds is 6. The molecule has 0 bridgehead atoms. The zero-order chi connectivity index (χ0) is 27.7. The van der Waals surface area contributed by atoms with E-state index in [1.165, 1.54) is 74.9 Å². The van der Waals surface area contributed by atoms with E-state index in [4.69, 9.17) is 18.3 Å². The van der Waals surface area contributed by atoms with Gasteiger partial charge >= 0.3 is 11.3 Å². The molecule has 0 saturated carbocycles. The highest BCUT2D eigenvalue weighted by Gasteiger charge is 2.03. The first-order valence-corrected chi connectivity index (χ1v) is 10.8. The SMILES string of the molecule is COc1cc(/C=C/c2ccc(F)cc2F)oc(=O)c1.COc1cc(/C=C/c2ccc(F)cc2F)oc(=O)c1. The topological polar surface area (TPSA) is 78.9 Å². The maximum Gasteiger partial charge on any atom is 0.339 e. The lowest BCUT2D eigenvalue weighted by Crippen LogP contribution is -1.98. The van der Waals surface area contributed by atoms with Crippen molar-refractivity contribution in [1.29, 1.82) is 0 Å². The minimum Gasteiger partial charge on any atom is -0.496 e. The lowest BCUT2D eigenvalue weighted by atomic mass is 10.2. The first-order chi connectivity index (χ1) is 18.2. The molecule has 0 amide bonds. The van der Waals surface area contributed by atoms with Crippen LogP contribution in [0.4, 0.5) is 17.6 Å². The third kappa shape index (κ3) is 8.09. The van der Waals surface area contributed by atoms with Crippen LogP contribution in [0.15, 0.2) is 79.1 Å². The van der Waals surface area contributed by atoms with Crippen molar-refractivity contribution in [2.75, 3.05) is 14.2 Å². The van der Waals surface area contributed by atoms with Gasteiger partial charge in [0.1, 0.15) is 46.3 Å². The summed E-state index contributed by atoms with van der Waals surface area (Å²) < 4.78 is 71.8. The van der Waals surface area contributed by atoms with E-state index in [1.807, 2.05) is 0 Å². The van der Waals surface area contributed by atoms with Crippen molar-refractivity contribution in [2.45, 2.75) is 0 Å². The van der Waals surface area contributed by atoms with Crippen molar-refractivity contribution < 1.29 is 35.9 Å². The van der Waals surface area contributed by atoms with Gasteiger partial charge in [0.05, 0.1) is 26.4 Å². The van der Waals surface area contributed by atoms with Gasteiger partial charge in [0.25, 0.3) is 0 Å². The van der Waals surface area contributed by atoms with Crippen LogP contribution in [0.25, 0.3) is 24.3 Å². The monoisotopic (exact) mass is 528 g/mol. The van der Waals surface area contributed by atoms with Crippen LogP contribution in [0.2, 0.25) is 0 Å². The van der Waals surface area contributed by atoms with E-state index in [0.717, 1.165) is 24.3 Å². The lowest BCUT2D eigenvalue weighted by molar-refractivity contribution is 0.400. The molecule has 0 unspecified atom stereocenters. The molecule has 0 spiro atoms. The highest BCUT2D eigenvalue weighted by Crippen LogP contribution is 2.17. The van der Waals surface area contributed by atoms with Gasteiger partial charge in [-0.1, -0.05) is 0 Å². The van der Waals surface area contributed by atoms with Gasteiger partial charge in [0, 0.05) is 35.4 Å². The lowest BCUT2D eigenvalue weighted by Gasteiger charge is -1.99. The second-order valence-corrected chi connectivity index (χ2v) is 7.44. The molecule has 0 aliphatic heterocycles. The Kier molecular flexibility index (Phi) is 9.42. The molecule has 0 atom stereocenters. The summed E-state index contributed by atoms with van der Waals surface area (Å²) in [5, 5.41) is 0. The molecule has 0 fully saturated rings. The Morgan fingerprint density at radius 3 is 1.32 bits per heavy atom. The first-order valence-electron chi connectivity index (χ1n) is 10.8. The Balaban J connectivity index is 0.000000211. The normalized spacial score (nSPS) is 10.9. The summed E-state index contributed by atoms with van der Waals surface area (Å²) in [6.45, 7) is 0. The van der Waals surface area contributed by atoms with Crippen LogP contribution < -0.4 is 20.7 Å². The van der Waals surface area contributed by atoms with Crippen molar-refractivity contribution in [3.05, 3.63) is 127 Å². The molecule has 0 aliphatic rings. The average molecular weight is 528 g/mol. The Morgan fingerprint density at radius 1 is 0.579 bits per heavy atom. The molecule has 2 aromatic heterocycles. The van der Waals surface area contributed by atoms with Crippen molar-refractivity contribution >= 4 is 24.3 Å². The fraction of sp³-hybridized carbons (Fsp3) is 0.0714. The third-order valence-electron chi connectivity index (χ3n) is 4.78. The fourth-order valence-electron chi connectivity index (χ4n) is 2.96. The zero-order valence-electron chi connectivity index (χ0n) is 20.0. The quantitative estimate of drug-likeness (QED) is 0.278. The molecule has 38 heavy (non-hydrogen) atoms. The summed E-state index contributed by atoms with van der Waals surface area (Å²) in [5.41, 5.74) is -0.768. The summed E-state index contributed by atoms with van der Waals surface area (Å²) in [5.74, 6) is -1.57. The summed E-state index contributed by atoms with van der Waals surface area (Å²) in [6, 6.07) is 11.8. The predicted octanol–water partition coefficient (Wildman–Crippen LogP) is 6.19. The van der Waals surface area contributed by atoms with Crippen LogP contribution in [0.5, 0.6) is 11.5 Å². The summed E-state index contributed by atoms with van der Waals surface area (Å²) >= 11 is 0. The second-order valence-electron chi connectivity index (χ2n) is 7.44. The molecule has 2 aromatic carbocycles. The highest BCUT2D eigenvalue weighted by atomic mass is 19.1. The Labute approximate surface area is 213 Å². The van der Waals surface area contributed by atoms with Gasteiger partial charge in [-0.2, -0.15) is 0 Å². The van der Waals surface area contributed by atoms with Crippen LogP contribution in [0, 0.1) is 23.3 Å². The molecule has 4 rings (SSSR count). The number of ether oxygens (including phenoxy) is 2. The van der Waals surface area contributed by atoms with E-state index in [0.29, 0.717) is 11.5 Å². The van der Waals surface area contributed by atoms with E-state index in [-0.39, 0.29) is 22.6 Å². The maximum atomic E-state index is 13.4. The highest BCUT2D eigenvalue weighted by molar-refractivity contribution is 5.68. The van der Waals surface area contributed by atoms with E-state index in [9.17, 15) is 27.2 Å². The number of hydrogen-bond donors (Lipinski definition) is 0. The van der Waals surface area contributed by atoms with Crippen molar-refractivity contribution in [2.24, 2.45) is 0 Å². The smallest absolute Gasteiger partial charge is 0.339 e. The maximum absolute atomic E-state index is 13.4. The van der Waals surface area contributed by atoms with Gasteiger partial charge in [-0.05, 0) is 48.6 Å². The van der Waals surface area contributed by atoms with E-state index in [2.05, 4.69) is 0 Å². The van der Waals surface area contributed by atoms with Crippen LogP contribution in [-0.2, 0) is 0 Å². The second kappa shape index (κ2) is 12.9. The summed E-state index contributed by atoms with van der Waals surface area (Å²) in [7, 11) is 2.84. The van der Waals surface area contributed by atoms with Gasteiger partial charge in [-0.25, -0.2) is 27.2 Å². The minimum atomic E-state index is -0.693. The standard InChI is InChI=1S/2C14H10F2O3/c2*1-18-12-7-11(19-14(17)8-12)5-3-9-2-4-10(15)6-13(9)16/h2*2-8H,1H3/b2*5-3+. The van der Waals surface area contributed by atoms with Crippen molar-refractivity contribution in [1.82, 2.24) is 0 Å². The van der Waals surface area contributed by atoms with Gasteiger partial charge in [-0.3, -0.25) is 0 Å². The van der Waals surface area contributed by atoms with Crippen molar-refractivity contribution in [3.8, 4) is 11.5 Å². The van der Waals surface area contributed by atoms with Crippen LogP contribution in [0.1, 0.15) is 22.6 Å². The largest absolute Gasteiger partial charge is 0.496 e. The van der Waals surface area contributed by atoms with Gasteiger partial charge < -0.3 is 18.3 Å². The molecule has 196 valence electrons. The number of benzene rings is 2. The fourth-order valence-corrected chi connectivity index (χ4v) is 2.96. The van der Waals surface area contributed by atoms with E-state index < -0.39 is 34.5 Å². The van der Waals surface area contributed by atoms with Gasteiger partial charge in [-0.15, -0.1) is 0 Å². The van der Waals surface area contributed by atoms with Crippen LogP contribution in [0.3, 0.4) is 0 Å². The first kappa shape index (κ1) is 27.7. The minimum absolute atomic E-state index is 0.187. The molecular formula is C28H20F4O6. The molecular weight excluding hydrogens is 508 g/mol. The Hall–Kier alpha value is -4.86. The number of halogens is 4. The molecule has 0 radical (unpaired) electrons. The molecule has 0 saturated heterocycles. The average Bonchev–Trinajstić information content (AvgIpc) is 2.87. The van der Waals surface area contributed by atoms with Crippen LogP contribution in [-0.4, -0.2) is 14.2 Å². The molecule has 4 aromatic rings. The predicted molar refractivity (Wildman–Crippen MR) is 134 cm³/mol. The van der Waals surface area contributed by atoms with Crippen LogP contribution >= 0.6 is 0 Å². The number of methoxy groups -OCH3 is 2. The Morgan fingerprint density at radius 2 is 0.974 bits per heavy atom.